The summed E-state index contributed by atoms with van der Waals surface area (Å²) in [5.74, 6) is -3.74. The summed E-state index contributed by atoms with van der Waals surface area (Å²) in [6.45, 7) is 0.644. The van der Waals surface area contributed by atoms with Crippen LogP contribution in [0, 0.1) is 11.3 Å². The van der Waals surface area contributed by atoms with Crippen molar-refractivity contribution in [1.29, 1.82) is 0 Å². The molecule has 13 heteroatoms. The van der Waals surface area contributed by atoms with Crippen molar-refractivity contribution in [3.63, 3.8) is 0 Å². The average Bonchev–Trinajstić information content (AvgIpc) is 3.83. The lowest BCUT2D eigenvalue weighted by Crippen LogP contribution is -2.58. The summed E-state index contributed by atoms with van der Waals surface area (Å²) in [6.07, 6.45) is 0.0625. The van der Waals surface area contributed by atoms with Crippen LogP contribution in [0.4, 0.5) is 13.2 Å². The van der Waals surface area contributed by atoms with E-state index in [9.17, 15) is 37.1 Å². The number of hydrogen-bond acceptors (Lipinski definition) is 5. The molecule has 42 heavy (non-hydrogen) atoms. The Hall–Kier alpha value is -3.90. The van der Waals surface area contributed by atoms with Crippen molar-refractivity contribution in [2.24, 2.45) is 11.3 Å². The second kappa shape index (κ2) is 10.4. The number of aromatic nitrogens is 1. The van der Waals surface area contributed by atoms with Crippen molar-refractivity contribution in [3.8, 4) is 0 Å². The average molecular weight is 588 g/mol. The van der Waals surface area contributed by atoms with Crippen molar-refractivity contribution in [2.75, 3.05) is 13.1 Å². The number of alkyl halides is 3. The second-order valence-electron chi connectivity index (χ2n) is 12.1. The zero-order chi connectivity index (χ0) is 29.8. The maximum Gasteiger partial charge on any atom is 0.417 e. The van der Waals surface area contributed by atoms with Gasteiger partial charge in [-0.05, 0) is 75.0 Å². The molecule has 10 nitrogen and oxygen atoms in total. The fourth-order valence-electron chi connectivity index (χ4n) is 6.21. The van der Waals surface area contributed by atoms with E-state index in [0.717, 1.165) is 37.8 Å². The lowest BCUT2D eigenvalue weighted by molar-refractivity contribution is -0.141. The Morgan fingerprint density at radius 2 is 1.86 bits per heavy atom. The Balaban J connectivity index is 1.25. The number of H-pyrrole nitrogens is 1. The van der Waals surface area contributed by atoms with Gasteiger partial charge in [0.2, 0.25) is 17.6 Å². The van der Waals surface area contributed by atoms with Crippen molar-refractivity contribution < 1.29 is 37.1 Å². The molecule has 2 saturated heterocycles. The van der Waals surface area contributed by atoms with Gasteiger partial charge in [0.25, 0.3) is 11.8 Å². The third kappa shape index (κ3) is 5.60. The molecule has 2 aliphatic heterocycles. The SMILES string of the molecule is O=C(NC1CC1)C(=O)C(CC1CCNC1=O)NC(=O)C1CC2(CCN1C(=O)c1cc3c(C(F)(F)F)cccc3[nH]1)CC2. The normalized spacial score (nSPS) is 23.9. The topological polar surface area (TPSA) is 140 Å². The highest BCUT2D eigenvalue weighted by Gasteiger charge is 2.51. The van der Waals surface area contributed by atoms with E-state index in [-0.39, 0.29) is 46.9 Å². The molecule has 2 saturated carbocycles. The highest BCUT2D eigenvalue weighted by Crippen LogP contribution is 2.55. The van der Waals surface area contributed by atoms with Gasteiger partial charge in [0.05, 0.1) is 11.6 Å². The van der Waals surface area contributed by atoms with E-state index >= 15 is 0 Å². The van der Waals surface area contributed by atoms with Gasteiger partial charge in [-0.1, -0.05) is 6.07 Å². The summed E-state index contributed by atoms with van der Waals surface area (Å²) in [7, 11) is 0. The van der Waals surface area contributed by atoms with Gasteiger partial charge in [-0.25, -0.2) is 0 Å². The number of nitrogens with zero attached hydrogens (tertiary/aromatic N) is 1. The first-order valence-corrected chi connectivity index (χ1v) is 14.4. The molecule has 4 amide bonds. The molecular weight excluding hydrogens is 555 g/mol. The van der Waals surface area contributed by atoms with Crippen LogP contribution in [-0.2, 0) is 25.4 Å². The van der Waals surface area contributed by atoms with Crippen LogP contribution < -0.4 is 16.0 Å². The quantitative estimate of drug-likeness (QED) is 0.351. The number of ketones is 1. The number of fused-ring (bicyclic) bond motifs is 1. The van der Waals surface area contributed by atoms with Gasteiger partial charge < -0.3 is 25.8 Å². The minimum Gasteiger partial charge on any atom is -0.356 e. The molecular formula is C29H32F3N5O5. The van der Waals surface area contributed by atoms with Crippen LogP contribution in [0.25, 0.3) is 10.9 Å². The number of amides is 4. The minimum absolute atomic E-state index is 0.0530. The fraction of sp³-hybridized carbons (Fsp3) is 0.552. The number of halogens is 3. The smallest absolute Gasteiger partial charge is 0.356 e. The number of hydrogen-bond donors (Lipinski definition) is 4. The zero-order valence-electron chi connectivity index (χ0n) is 22.8. The molecule has 6 rings (SSSR count). The summed E-state index contributed by atoms with van der Waals surface area (Å²) in [6, 6.07) is 2.46. The highest BCUT2D eigenvalue weighted by molar-refractivity contribution is 6.38. The molecule has 1 spiro atoms. The maximum atomic E-state index is 13.8. The minimum atomic E-state index is -4.61. The van der Waals surface area contributed by atoms with Crippen LogP contribution in [0.15, 0.2) is 24.3 Å². The number of carbonyl (C=O) groups excluding carboxylic acids is 5. The number of carbonyl (C=O) groups is 5. The van der Waals surface area contributed by atoms with E-state index < -0.39 is 53.2 Å². The molecule has 3 heterocycles. The Morgan fingerprint density at radius 3 is 2.50 bits per heavy atom. The Kier molecular flexibility index (Phi) is 7.01. The molecule has 1 aromatic carbocycles. The van der Waals surface area contributed by atoms with Gasteiger partial charge in [0.1, 0.15) is 11.7 Å². The molecule has 2 aliphatic carbocycles. The predicted octanol–water partition coefficient (Wildman–Crippen LogP) is 2.43. The maximum absolute atomic E-state index is 13.8. The summed E-state index contributed by atoms with van der Waals surface area (Å²) < 4.78 is 40.8. The van der Waals surface area contributed by atoms with Crippen LogP contribution in [0.3, 0.4) is 0 Å². The van der Waals surface area contributed by atoms with Gasteiger partial charge in [0, 0.05) is 36.0 Å². The summed E-state index contributed by atoms with van der Waals surface area (Å²) in [4.78, 5) is 69.7. The lowest BCUT2D eigenvalue weighted by atomic mass is 9.86. The number of likely N-dealkylation sites (tertiary alicyclic amines) is 1. The molecule has 4 fully saturated rings. The number of benzene rings is 1. The van der Waals surface area contributed by atoms with Gasteiger partial charge in [-0.3, -0.25) is 24.0 Å². The van der Waals surface area contributed by atoms with Crippen LogP contribution in [0.1, 0.15) is 67.4 Å². The molecule has 0 radical (unpaired) electrons. The molecule has 3 atom stereocenters. The van der Waals surface area contributed by atoms with Crippen molar-refractivity contribution in [2.45, 2.75) is 75.7 Å². The van der Waals surface area contributed by atoms with Crippen molar-refractivity contribution in [3.05, 3.63) is 35.5 Å². The van der Waals surface area contributed by atoms with Crippen molar-refractivity contribution in [1.82, 2.24) is 25.8 Å². The van der Waals surface area contributed by atoms with Crippen LogP contribution in [0.2, 0.25) is 0 Å². The lowest BCUT2D eigenvalue weighted by Gasteiger charge is -2.39. The first-order chi connectivity index (χ1) is 19.9. The third-order valence-corrected chi connectivity index (χ3v) is 9.06. The summed E-state index contributed by atoms with van der Waals surface area (Å²) in [5, 5.41) is 7.87. The first kappa shape index (κ1) is 28.2. The van der Waals surface area contributed by atoms with E-state index in [2.05, 4.69) is 20.9 Å². The fourth-order valence-corrected chi connectivity index (χ4v) is 6.21. The first-order valence-electron chi connectivity index (χ1n) is 14.4. The van der Waals surface area contributed by atoms with Gasteiger partial charge in [-0.15, -0.1) is 0 Å². The number of rotatable bonds is 8. The Bertz CT molecular complexity index is 1460. The highest BCUT2D eigenvalue weighted by atomic mass is 19.4. The molecule has 4 aliphatic rings. The van der Waals surface area contributed by atoms with Crippen LogP contribution in [0.5, 0.6) is 0 Å². The van der Waals surface area contributed by atoms with E-state index in [4.69, 9.17) is 0 Å². The number of nitrogens with one attached hydrogen (secondary N) is 4. The molecule has 0 bridgehead atoms. The monoisotopic (exact) mass is 587 g/mol. The summed E-state index contributed by atoms with van der Waals surface area (Å²) in [5.41, 5.74) is -0.920. The van der Waals surface area contributed by atoms with Crippen molar-refractivity contribution >= 4 is 40.3 Å². The van der Waals surface area contributed by atoms with E-state index in [1.165, 1.54) is 17.0 Å². The van der Waals surface area contributed by atoms with Gasteiger partial charge in [0.15, 0.2) is 0 Å². The van der Waals surface area contributed by atoms with E-state index in [1.54, 1.807) is 0 Å². The zero-order valence-corrected chi connectivity index (χ0v) is 22.8. The molecule has 4 N–H and O–H groups in total. The van der Waals surface area contributed by atoms with Crippen LogP contribution in [-0.4, -0.2) is 70.5 Å². The largest absolute Gasteiger partial charge is 0.417 e. The Morgan fingerprint density at radius 1 is 1.10 bits per heavy atom. The molecule has 3 unspecified atom stereocenters. The summed E-state index contributed by atoms with van der Waals surface area (Å²) >= 11 is 0. The van der Waals surface area contributed by atoms with Gasteiger partial charge >= 0.3 is 6.18 Å². The molecule has 1 aromatic heterocycles. The Labute approximate surface area is 239 Å². The number of piperidine rings is 1. The molecule has 224 valence electrons. The number of aromatic amines is 1. The number of Topliss-reactive ketones (excluding diaryl/α,β-unsaturated/α-hetero) is 1. The van der Waals surface area contributed by atoms with E-state index in [0.29, 0.717) is 25.8 Å². The second-order valence-corrected chi connectivity index (χ2v) is 12.1. The molecule has 2 aromatic rings. The standard InChI is InChI=1S/C29H32F3N5O5/c30-29(31,32)18-2-1-3-19-17(18)13-21(35-19)27(42)37-11-9-28(7-8-28)14-22(37)25(40)36-20(12-15-6-10-33-24(15)39)23(38)26(41)34-16-4-5-16/h1-3,13,15-16,20,22,35H,4-12,14H2,(H,33,39)(H,34,41)(H,36,40). The van der Waals surface area contributed by atoms with E-state index in [1.807, 2.05) is 0 Å². The van der Waals surface area contributed by atoms with Gasteiger partial charge in [-0.2, -0.15) is 13.2 Å². The predicted molar refractivity (Wildman–Crippen MR) is 143 cm³/mol. The van der Waals surface area contributed by atoms with Crippen LogP contribution >= 0.6 is 0 Å². The third-order valence-electron chi connectivity index (χ3n) is 9.06.